The standard InChI is InChI=1S/C19H28Cl2O3/c1-13(2)16-11-15(23-10-7-18(20)21)12-17(14(3)4)19(16)24-9-6-5-8-22/h7,11-14,22H,5-6,8-10H2,1-4H3. The Bertz CT molecular complexity index is 506. The largest absolute Gasteiger partial charge is 0.493 e. The summed E-state index contributed by atoms with van der Waals surface area (Å²) in [6.45, 7) is 9.68. The van der Waals surface area contributed by atoms with Crippen LogP contribution in [0.5, 0.6) is 11.5 Å². The molecule has 0 bridgehead atoms. The van der Waals surface area contributed by atoms with Crippen LogP contribution in [0.25, 0.3) is 0 Å². The number of benzene rings is 1. The predicted octanol–water partition coefficient (Wildman–Crippen LogP) is 5.78. The highest BCUT2D eigenvalue weighted by molar-refractivity contribution is 6.55. The normalized spacial score (nSPS) is 11.0. The van der Waals surface area contributed by atoms with Crippen molar-refractivity contribution in [1.29, 1.82) is 0 Å². The zero-order chi connectivity index (χ0) is 18.1. The van der Waals surface area contributed by atoms with E-state index in [1.165, 1.54) is 0 Å². The van der Waals surface area contributed by atoms with Gasteiger partial charge in [-0.2, -0.15) is 0 Å². The van der Waals surface area contributed by atoms with Gasteiger partial charge < -0.3 is 14.6 Å². The van der Waals surface area contributed by atoms with Crippen molar-refractivity contribution in [3.63, 3.8) is 0 Å². The lowest BCUT2D eigenvalue weighted by atomic mass is 9.93. The van der Waals surface area contributed by atoms with Gasteiger partial charge in [0.2, 0.25) is 0 Å². The number of unbranched alkanes of at least 4 members (excludes halogenated alkanes) is 1. The van der Waals surface area contributed by atoms with Gasteiger partial charge in [-0.3, -0.25) is 0 Å². The van der Waals surface area contributed by atoms with Crippen LogP contribution in [0, 0.1) is 0 Å². The number of rotatable bonds is 10. The van der Waals surface area contributed by atoms with E-state index < -0.39 is 0 Å². The van der Waals surface area contributed by atoms with Crippen LogP contribution >= 0.6 is 23.2 Å². The van der Waals surface area contributed by atoms with Crippen molar-refractivity contribution >= 4 is 23.2 Å². The van der Waals surface area contributed by atoms with Gasteiger partial charge in [0, 0.05) is 17.7 Å². The first-order valence-electron chi connectivity index (χ1n) is 8.42. The average Bonchev–Trinajstić information content (AvgIpc) is 2.51. The summed E-state index contributed by atoms with van der Waals surface area (Å²) in [7, 11) is 0. The van der Waals surface area contributed by atoms with Crippen LogP contribution < -0.4 is 9.47 Å². The highest BCUT2D eigenvalue weighted by Gasteiger charge is 2.18. The number of aliphatic hydroxyl groups is 1. The van der Waals surface area contributed by atoms with Gasteiger partial charge in [-0.15, -0.1) is 0 Å². The van der Waals surface area contributed by atoms with Crippen LogP contribution in [-0.4, -0.2) is 24.9 Å². The molecule has 0 spiro atoms. The molecular formula is C19H28Cl2O3. The van der Waals surface area contributed by atoms with E-state index in [-0.39, 0.29) is 11.1 Å². The Kier molecular flexibility index (Phi) is 9.57. The summed E-state index contributed by atoms with van der Waals surface area (Å²) in [5.74, 6) is 2.35. The van der Waals surface area contributed by atoms with E-state index in [2.05, 4.69) is 27.7 Å². The molecule has 0 saturated carbocycles. The van der Waals surface area contributed by atoms with Crippen LogP contribution in [0.1, 0.15) is 63.5 Å². The summed E-state index contributed by atoms with van der Waals surface area (Å²) in [5, 5.41) is 8.91. The average molecular weight is 375 g/mol. The number of ether oxygens (including phenoxy) is 2. The fourth-order valence-electron chi connectivity index (χ4n) is 2.34. The highest BCUT2D eigenvalue weighted by Crippen LogP contribution is 2.38. The van der Waals surface area contributed by atoms with E-state index in [1.54, 1.807) is 6.08 Å². The van der Waals surface area contributed by atoms with Crippen LogP contribution in [0.15, 0.2) is 22.7 Å². The monoisotopic (exact) mass is 374 g/mol. The van der Waals surface area contributed by atoms with E-state index in [0.717, 1.165) is 35.5 Å². The van der Waals surface area contributed by atoms with Crippen LogP contribution in [0.2, 0.25) is 0 Å². The Morgan fingerprint density at radius 3 is 2.08 bits per heavy atom. The lowest BCUT2D eigenvalue weighted by molar-refractivity contribution is 0.250. The minimum atomic E-state index is 0.195. The first-order chi connectivity index (χ1) is 11.4. The summed E-state index contributed by atoms with van der Waals surface area (Å²) in [6, 6.07) is 4.04. The second-order valence-electron chi connectivity index (χ2n) is 6.32. The Balaban J connectivity index is 3.08. The molecule has 1 aromatic carbocycles. The summed E-state index contributed by atoms with van der Waals surface area (Å²) in [4.78, 5) is 0. The van der Waals surface area contributed by atoms with Crippen molar-refractivity contribution in [2.24, 2.45) is 0 Å². The number of aliphatic hydroxyl groups excluding tert-OH is 1. The molecular weight excluding hydrogens is 347 g/mol. The van der Waals surface area contributed by atoms with Crippen LogP contribution in [0.3, 0.4) is 0 Å². The van der Waals surface area contributed by atoms with Gasteiger partial charge >= 0.3 is 0 Å². The maximum Gasteiger partial charge on any atom is 0.126 e. The van der Waals surface area contributed by atoms with E-state index in [9.17, 15) is 0 Å². The van der Waals surface area contributed by atoms with E-state index in [1.807, 2.05) is 12.1 Å². The van der Waals surface area contributed by atoms with Crippen molar-refractivity contribution < 1.29 is 14.6 Å². The van der Waals surface area contributed by atoms with Gasteiger partial charge in [0.15, 0.2) is 0 Å². The topological polar surface area (TPSA) is 38.7 Å². The van der Waals surface area contributed by atoms with Gasteiger partial charge in [0.1, 0.15) is 22.6 Å². The molecule has 0 saturated heterocycles. The van der Waals surface area contributed by atoms with Crippen molar-refractivity contribution in [3.05, 3.63) is 33.8 Å². The minimum absolute atomic E-state index is 0.195. The third-order valence-corrected chi connectivity index (χ3v) is 3.96. The third-order valence-electron chi connectivity index (χ3n) is 3.65. The van der Waals surface area contributed by atoms with Gasteiger partial charge in [0.05, 0.1) is 6.61 Å². The van der Waals surface area contributed by atoms with Crippen molar-refractivity contribution in [3.8, 4) is 11.5 Å². The Labute approximate surface area is 155 Å². The first-order valence-corrected chi connectivity index (χ1v) is 9.17. The lowest BCUT2D eigenvalue weighted by Crippen LogP contribution is -2.07. The zero-order valence-corrected chi connectivity index (χ0v) is 16.5. The van der Waals surface area contributed by atoms with Crippen molar-refractivity contribution in [2.45, 2.75) is 52.4 Å². The Morgan fingerprint density at radius 1 is 1.04 bits per heavy atom. The Morgan fingerprint density at radius 2 is 1.62 bits per heavy atom. The van der Waals surface area contributed by atoms with E-state index >= 15 is 0 Å². The fourth-order valence-corrected chi connectivity index (χ4v) is 2.47. The van der Waals surface area contributed by atoms with E-state index in [4.69, 9.17) is 37.8 Å². The molecule has 5 heteroatoms. The molecule has 0 heterocycles. The molecule has 0 atom stereocenters. The summed E-state index contributed by atoms with van der Waals surface area (Å²) in [6.07, 6.45) is 3.20. The number of hydrogen-bond donors (Lipinski definition) is 1. The van der Waals surface area contributed by atoms with Gasteiger partial charge in [0.25, 0.3) is 0 Å². The van der Waals surface area contributed by atoms with Crippen molar-refractivity contribution in [2.75, 3.05) is 19.8 Å². The quantitative estimate of drug-likeness (QED) is 0.527. The first kappa shape index (κ1) is 21.1. The smallest absolute Gasteiger partial charge is 0.126 e. The SMILES string of the molecule is CC(C)c1cc(OCC=C(Cl)Cl)cc(C(C)C)c1OCCCCO. The van der Waals surface area contributed by atoms with Crippen LogP contribution in [0.4, 0.5) is 0 Å². The fraction of sp³-hybridized carbons (Fsp3) is 0.579. The second-order valence-corrected chi connectivity index (χ2v) is 7.33. The van der Waals surface area contributed by atoms with Crippen molar-refractivity contribution in [1.82, 2.24) is 0 Å². The molecule has 0 amide bonds. The molecule has 0 aliphatic rings. The molecule has 24 heavy (non-hydrogen) atoms. The van der Waals surface area contributed by atoms with E-state index in [0.29, 0.717) is 25.0 Å². The molecule has 1 rings (SSSR count). The summed E-state index contributed by atoms with van der Waals surface area (Å²) >= 11 is 11.2. The molecule has 136 valence electrons. The molecule has 1 N–H and O–H groups in total. The maximum absolute atomic E-state index is 8.91. The molecule has 0 fully saturated rings. The van der Waals surface area contributed by atoms with Gasteiger partial charge in [-0.25, -0.2) is 0 Å². The molecule has 0 aliphatic heterocycles. The number of hydrogen-bond acceptors (Lipinski definition) is 3. The van der Waals surface area contributed by atoms with Crippen LogP contribution in [-0.2, 0) is 0 Å². The summed E-state index contributed by atoms with van der Waals surface area (Å²) in [5.41, 5.74) is 2.25. The second kappa shape index (κ2) is 10.9. The van der Waals surface area contributed by atoms with Gasteiger partial charge in [-0.05, 0) is 42.9 Å². The van der Waals surface area contributed by atoms with Gasteiger partial charge in [-0.1, -0.05) is 50.9 Å². The predicted molar refractivity (Wildman–Crippen MR) is 102 cm³/mol. The Hall–Kier alpha value is -0.900. The molecule has 0 unspecified atom stereocenters. The molecule has 0 aliphatic carbocycles. The molecule has 0 radical (unpaired) electrons. The molecule has 0 aromatic heterocycles. The minimum Gasteiger partial charge on any atom is -0.493 e. The maximum atomic E-state index is 8.91. The zero-order valence-electron chi connectivity index (χ0n) is 14.9. The molecule has 1 aromatic rings. The summed E-state index contributed by atoms with van der Waals surface area (Å²) < 4.78 is 12.0. The molecule has 3 nitrogen and oxygen atoms in total. The third kappa shape index (κ3) is 6.92. The lowest BCUT2D eigenvalue weighted by Gasteiger charge is -2.21. The highest BCUT2D eigenvalue weighted by atomic mass is 35.5. The number of halogens is 2.